The van der Waals surface area contributed by atoms with Crippen molar-refractivity contribution in [2.45, 2.75) is 26.7 Å². The van der Waals surface area contributed by atoms with Gasteiger partial charge in [0.05, 0.1) is 5.69 Å². The van der Waals surface area contributed by atoms with E-state index in [1.54, 1.807) is 0 Å². The Kier molecular flexibility index (Phi) is 3.76. The first-order valence-corrected chi connectivity index (χ1v) is 6.61. The van der Waals surface area contributed by atoms with Crippen LogP contribution in [-0.2, 0) is 11.2 Å². The Morgan fingerprint density at radius 2 is 2.28 bits per heavy atom. The second-order valence-electron chi connectivity index (χ2n) is 4.37. The number of hydrogen-bond acceptors (Lipinski definition) is 4. The maximum atomic E-state index is 11.7. The predicted molar refractivity (Wildman–Crippen MR) is 70.8 cm³/mol. The van der Waals surface area contributed by atoms with Crippen molar-refractivity contribution in [3.63, 3.8) is 0 Å². The normalized spacial score (nSPS) is 14.2. The molecular weight excluding hydrogens is 250 g/mol. The van der Waals surface area contributed by atoms with Crippen LogP contribution in [0.5, 0.6) is 0 Å². The number of hydrogen-bond donors (Lipinski definition) is 2. The van der Waals surface area contributed by atoms with Gasteiger partial charge in [-0.1, -0.05) is 16.9 Å². The van der Waals surface area contributed by atoms with E-state index in [9.17, 15) is 9.59 Å². The number of nitrogens with zero attached hydrogens (tertiary/aromatic N) is 1. The molecule has 5 nitrogen and oxygen atoms in total. The fourth-order valence-corrected chi connectivity index (χ4v) is 2.62. The van der Waals surface area contributed by atoms with Gasteiger partial charge in [-0.05, 0) is 26.7 Å². The summed E-state index contributed by atoms with van der Waals surface area (Å²) >= 11 is 1.23. The van der Waals surface area contributed by atoms with Crippen LogP contribution in [0.2, 0.25) is 0 Å². The van der Waals surface area contributed by atoms with E-state index in [1.165, 1.54) is 17.4 Å². The number of allylic oxidation sites excluding steroid dienone is 1. The third kappa shape index (κ3) is 2.95. The van der Waals surface area contributed by atoms with Crippen LogP contribution in [-0.4, -0.2) is 23.3 Å². The van der Waals surface area contributed by atoms with E-state index in [2.05, 4.69) is 15.6 Å². The minimum absolute atomic E-state index is 0.0947. The minimum Gasteiger partial charge on any atom is -0.351 e. The molecule has 2 heterocycles. The summed E-state index contributed by atoms with van der Waals surface area (Å²) in [6.07, 6.45) is 3.15. The van der Waals surface area contributed by atoms with Gasteiger partial charge in [0.15, 0.2) is 5.13 Å². The molecule has 0 aliphatic carbocycles. The second-order valence-corrected chi connectivity index (χ2v) is 5.36. The van der Waals surface area contributed by atoms with Crippen LogP contribution in [0, 0.1) is 0 Å². The van der Waals surface area contributed by atoms with Crippen molar-refractivity contribution in [2.24, 2.45) is 0 Å². The summed E-state index contributed by atoms with van der Waals surface area (Å²) in [6.45, 7) is 4.38. The quantitative estimate of drug-likeness (QED) is 0.800. The lowest BCUT2D eigenvalue weighted by Gasteiger charge is -1.98. The molecule has 0 unspecified atom stereocenters. The molecule has 0 radical (unpaired) electrons. The molecule has 0 aromatic carbocycles. The van der Waals surface area contributed by atoms with E-state index in [4.69, 9.17) is 0 Å². The smallest absolute Gasteiger partial charge is 0.263 e. The van der Waals surface area contributed by atoms with Gasteiger partial charge < -0.3 is 5.32 Å². The molecule has 0 fully saturated rings. The Balaban J connectivity index is 2.17. The standard InChI is InChI=1S/C12H15N3O2S/c1-7(2)6-9(16)15-12-14-8-4-3-5-13-11(17)10(8)18-12/h6H,3-5H2,1-2H3,(H,13,17)(H,14,15,16). The Labute approximate surface area is 109 Å². The van der Waals surface area contributed by atoms with Gasteiger partial charge in [0, 0.05) is 12.6 Å². The average Bonchev–Trinajstić information content (AvgIpc) is 2.58. The number of thiazole rings is 1. The molecule has 2 amide bonds. The van der Waals surface area contributed by atoms with Crippen molar-refractivity contribution >= 4 is 28.3 Å². The Morgan fingerprint density at radius 1 is 1.50 bits per heavy atom. The van der Waals surface area contributed by atoms with E-state index in [1.807, 2.05) is 13.8 Å². The molecule has 1 aliphatic rings. The van der Waals surface area contributed by atoms with E-state index < -0.39 is 0 Å². The van der Waals surface area contributed by atoms with Crippen LogP contribution in [0.3, 0.4) is 0 Å². The highest BCUT2D eigenvalue weighted by Gasteiger charge is 2.20. The van der Waals surface area contributed by atoms with Gasteiger partial charge in [0.2, 0.25) is 5.91 Å². The van der Waals surface area contributed by atoms with Crippen LogP contribution in [0.1, 0.15) is 35.6 Å². The fraction of sp³-hybridized carbons (Fsp3) is 0.417. The lowest BCUT2D eigenvalue weighted by atomic mass is 10.2. The van der Waals surface area contributed by atoms with E-state index in [0.29, 0.717) is 16.6 Å². The second kappa shape index (κ2) is 5.30. The van der Waals surface area contributed by atoms with Crippen molar-refractivity contribution in [1.29, 1.82) is 0 Å². The first kappa shape index (κ1) is 12.8. The number of carbonyl (C=O) groups is 2. The maximum Gasteiger partial charge on any atom is 0.263 e. The molecule has 1 aromatic rings. The molecule has 0 bridgehead atoms. The number of anilines is 1. The van der Waals surface area contributed by atoms with E-state index in [-0.39, 0.29) is 11.8 Å². The number of aromatic nitrogens is 1. The van der Waals surface area contributed by atoms with Gasteiger partial charge in [-0.3, -0.25) is 14.9 Å². The molecule has 96 valence electrons. The lowest BCUT2D eigenvalue weighted by molar-refractivity contribution is -0.111. The Morgan fingerprint density at radius 3 is 3.00 bits per heavy atom. The molecular formula is C12H15N3O2S. The summed E-state index contributed by atoms with van der Waals surface area (Å²) in [6, 6.07) is 0. The number of nitrogens with one attached hydrogen (secondary N) is 2. The van der Waals surface area contributed by atoms with Crippen LogP contribution in [0.15, 0.2) is 11.6 Å². The van der Waals surface area contributed by atoms with Gasteiger partial charge >= 0.3 is 0 Å². The summed E-state index contributed by atoms with van der Waals surface area (Å²) < 4.78 is 0. The zero-order chi connectivity index (χ0) is 13.1. The average molecular weight is 265 g/mol. The van der Waals surface area contributed by atoms with E-state index in [0.717, 1.165) is 24.1 Å². The molecule has 6 heteroatoms. The summed E-state index contributed by atoms with van der Waals surface area (Å²) in [4.78, 5) is 28.2. The predicted octanol–water partition coefficient (Wildman–Crippen LogP) is 1.72. The minimum atomic E-state index is -0.209. The molecule has 18 heavy (non-hydrogen) atoms. The molecule has 0 spiro atoms. The highest BCUT2D eigenvalue weighted by molar-refractivity contribution is 7.17. The largest absolute Gasteiger partial charge is 0.351 e. The van der Waals surface area contributed by atoms with Crippen LogP contribution < -0.4 is 10.6 Å². The summed E-state index contributed by atoms with van der Waals surface area (Å²) in [5, 5.41) is 5.98. The third-order valence-corrected chi connectivity index (χ3v) is 3.44. The van der Waals surface area contributed by atoms with Crippen molar-refractivity contribution in [1.82, 2.24) is 10.3 Å². The van der Waals surface area contributed by atoms with Crippen molar-refractivity contribution < 1.29 is 9.59 Å². The summed E-state index contributed by atoms with van der Waals surface area (Å²) in [7, 11) is 0. The maximum absolute atomic E-state index is 11.7. The molecule has 1 aromatic heterocycles. The molecule has 0 saturated carbocycles. The van der Waals surface area contributed by atoms with Crippen molar-refractivity contribution in [3.8, 4) is 0 Å². The van der Waals surface area contributed by atoms with Crippen molar-refractivity contribution in [3.05, 3.63) is 22.2 Å². The zero-order valence-corrected chi connectivity index (χ0v) is 11.2. The number of rotatable bonds is 2. The highest BCUT2D eigenvalue weighted by Crippen LogP contribution is 2.25. The third-order valence-electron chi connectivity index (χ3n) is 2.43. The van der Waals surface area contributed by atoms with Crippen molar-refractivity contribution in [2.75, 3.05) is 11.9 Å². The SMILES string of the molecule is CC(C)=CC(=O)Nc1nc2c(s1)C(=O)NCCC2. The lowest BCUT2D eigenvalue weighted by Crippen LogP contribution is -2.21. The topological polar surface area (TPSA) is 71.1 Å². The zero-order valence-electron chi connectivity index (χ0n) is 10.4. The van der Waals surface area contributed by atoms with Gasteiger partial charge in [0.1, 0.15) is 4.88 Å². The van der Waals surface area contributed by atoms with Gasteiger partial charge in [-0.15, -0.1) is 0 Å². The van der Waals surface area contributed by atoms with Crippen LogP contribution >= 0.6 is 11.3 Å². The first-order chi connectivity index (χ1) is 8.56. The highest BCUT2D eigenvalue weighted by atomic mass is 32.1. The Bertz CT molecular complexity index is 515. The number of aryl methyl sites for hydroxylation is 1. The number of fused-ring (bicyclic) bond motifs is 1. The summed E-state index contributed by atoms with van der Waals surface area (Å²) in [5.41, 5.74) is 1.70. The van der Waals surface area contributed by atoms with E-state index >= 15 is 0 Å². The molecule has 0 atom stereocenters. The van der Waals surface area contributed by atoms with Crippen LogP contribution in [0.4, 0.5) is 5.13 Å². The van der Waals surface area contributed by atoms with Gasteiger partial charge in [-0.2, -0.15) is 0 Å². The molecule has 0 saturated heterocycles. The summed E-state index contributed by atoms with van der Waals surface area (Å²) in [5.74, 6) is -0.304. The van der Waals surface area contributed by atoms with Gasteiger partial charge in [0.25, 0.3) is 5.91 Å². The first-order valence-electron chi connectivity index (χ1n) is 5.80. The van der Waals surface area contributed by atoms with Crippen LogP contribution in [0.25, 0.3) is 0 Å². The number of carbonyl (C=O) groups excluding carboxylic acids is 2. The van der Waals surface area contributed by atoms with Gasteiger partial charge in [-0.25, -0.2) is 4.98 Å². The molecule has 2 rings (SSSR count). The fourth-order valence-electron chi connectivity index (χ4n) is 1.69. The Hall–Kier alpha value is -1.69. The monoisotopic (exact) mass is 265 g/mol. The number of amides is 2. The molecule has 1 aliphatic heterocycles. The molecule has 2 N–H and O–H groups in total.